The van der Waals surface area contributed by atoms with Crippen LogP contribution in [0.2, 0.25) is 0 Å². The van der Waals surface area contributed by atoms with E-state index in [0.29, 0.717) is 18.5 Å². The highest BCUT2D eigenvalue weighted by Gasteiger charge is 2.22. The minimum Gasteiger partial charge on any atom is -0.389 e. The number of rotatable bonds is 11. The molecule has 2 atom stereocenters. The summed E-state index contributed by atoms with van der Waals surface area (Å²) < 4.78 is 5.82. The second kappa shape index (κ2) is 12.6. The van der Waals surface area contributed by atoms with E-state index in [0.717, 1.165) is 18.5 Å². The van der Waals surface area contributed by atoms with E-state index < -0.39 is 12.2 Å². The Morgan fingerprint density at radius 1 is 1.08 bits per heavy atom. The molecule has 4 nitrogen and oxygen atoms in total. The summed E-state index contributed by atoms with van der Waals surface area (Å²) >= 11 is 0. The molecule has 0 aliphatic carbocycles. The number of aliphatic hydroxyl groups excluding tert-OH is 1. The molecule has 0 heterocycles. The number of carbonyl (C=O) groups is 1. The van der Waals surface area contributed by atoms with Crippen LogP contribution < -0.4 is 5.32 Å². The number of Topliss-reactive ketones (excluding diaryl/α,β-unsaturated/α-hetero) is 1. The van der Waals surface area contributed by atoms with Gasteiger partial charge in [0.1, 0.15) is 6.10 Å². The van der Waals surface area contributed by atoms with E-state index in [1.165, 1.54) is 0 Å². The molecule has 2 aromatic carbocycles. The third-order valence-electron chi connectivity index (χ3n) is 3.91. The van der Waals surface area contributed by atoms with Gasteiger partial charge in [-0.05, 0) is 18.5 Å². The third-order valence-corrected chi connectivity index (χ3v) is 3.91. The number of aliphatic hydroxyl groups is 1. The number of nitrogens with one attached hydrogen (secondary N) is 1. The maximum absolute atomic E-state index is 12.8. The summed E-state index contributed by atoms with van der Waals surface area (Å²) in [4.78, 5) is 12.8. The van der Waals surface area contributed by atoms with Crippen LogP contribution in [0.15, 0.2) is 60.7 Å². The van der Waals surface area contributed by atoms with Crippen LogP contribution in [0.3, 0.4) is 0 Å². The van der Waals surface area contributed by atoms with Gasteiger partial charge in [0.15, 0.2) is 5.78 Å². The molecule has 0 saturated carbocycles. The maximum Gasteiger partial charge on any atom is 0.191 e. The van der Waals surface area contributed by atoms with Gasteiger partial charge in [0, 0.05) is 18.5 Å². The van der Waals surface area contributed by atoms with Crippen LogP contribution in [0.4, 0.5) is 0 Å². The van der Waals surface area contributed by atoms with Gasteiger partial charge in [-0.25, -0.2) is 0 Å². The average Bonchev–Trinajstić information content (AvgIpc) is 2.66. The lowest BCUT2D eigenvalue weighted by Crippen LogP contribution is -2.35. The zero-order valence-electron chi connectivity index (χ0n) is 15.1. The van der Waals surface area contributed by atoms with Gasteiger partial charge in [-0.1, -0.05) is 67.6 Å². The summed E-state index contributed by atoms with van der Waals surface area (Å²) in [7, 11) is 0. The maximum atomic E-state index is 12.8. The first-order valence-electron chi connectivity index (χ1n) is 8.84. The zero-order chi connectivity index (χ0) is 17.9. The molecule has 0 radical (unpaired) electrons. The first-order valence-corrected chi connectivity index (χ1v) is 8.84. The minimum absolute atomic E-state index is 0. The molecule has 5 heteroatoms. The van der Waals surface area contributed by atoms with Crippen molar-refractivity contribution in [1.29, 1.82) is 0 Å². The van der Waals surface area contributed by atoms with E-state index in [-0.39, 0.29) is 24.8 Å². The summed E-state index contributed by atoms with van der Waals surface area (Å²) in [5.41, 5.74) is 1.66. The average molecular weight is 378 g/mol. The fourth-order valence-electron chi connectivity index (χ4n) is 2.58. The van der Waals surface area contributed by atoms with Crippen LogP contribution in [-0.2, 0) is 11.2 Å². The molecule has 2 unspecified atom stereocenters. The van der Waals surface area contributed by atoms with Crippen molar-refractivity contribution in [3.63, 3.8) is 0 Å². The molecule has 0 aliphatic heterocycles. The lowest BCUT2D eigenvalue weighted by molar-refractivity contribution is -0.00162. The quantitative estimate of drug-likeness (QED) is 0.466. The number of hydrogen-bond acceptors (Lipinski definition) is 4. The molecule has 2 rings (SSSR count). The standard InChI is InChI=1S/C21H27NO3.ClH/c1-2-13-22-15-19(23)16-25-20(14-17-9-5-3-6-10-17)21(24)18-11-7-4-8-12-18;/h3-12,19-20,22-23H,2,13-16H2,1H3;1H. The van der Waals surface area contributed by atoms with Gasteiger partial charge in [-0.15, -0.1) is 12.4 Å². The van der Waals surface area contributed by atoms with E-state index >= 15 is 0 Å². The molecule has 0 aliphatic rings. The van der Waals surface area contributed by atoms with Crippen molar-refractivity contribution in [3.8, 4) is 0 Å². The second-order valence-electron chi connectivity index (χ2n) is 6.10. The molecule has 0 amide bonds. The predicted octanol–water partition coefficient (Wildman–Crippen LogP) is 3.28. The van der Waals surface area contributed by atoms with E-state index in [1.807, 2.05) is 48.5 Å². The van der Waals surface area contributed by atoms with Crippen molar-refractivity contribution in [2.75, 3.05) is 19.7 Å². The summed E-state index contributed by atoms with van der Waals surface area (Å²) in [5, 5.41) is 13.2. The lowest BCUT2D eigenvalue weighted by atomic mass is 10.00. The fraction of sp³-hybridized carbons (Fsp3) is 0.381. The van der Waals surface area contributed by atoms with Crippen molar-refractivity contribution in [2.45, 2.75) is 32.0 Å². The minimum atomic E-state index is -0.631. The van der Waals surface area contributed by atoms with Crippen LogP contribution in [0.5, 0.6) is 0 Å². The Morgan fingerprint density at radius 3 is 2.31 bits per heavy atom. The van der Waals surface area contributed by atoms with Gasteiger partial charge in [-0.3, -0.25) is 4.79 Å². The molecule has 0 saturated heterocycles. The fourth-order valence-corrected chi connectivity index (χ4v) is 2.58. The highest BCUT2D eigenvalue weighted by Crippen LogP contribution is 2.13. The Kier molecular flexibility index (Phi) is 10.8. The number of ether oxygens (including phenoxy) is 1. The number of carbonyl (C=O) groups excluding carboxylic acids is 1. The van der Waals surface area contributed by atoms with Crippen LogP contribution in [0.25, 0.3) is 0 Å². The van der Waals surface area contributed by atoms with E-state index in [1.54, 1.807) is 12.1 Å². The summed E-state index contributed by atoms with van der Waals surface area (Å²) in [6.45, 7) is 3.52. The highest BCUT2D eigenvalue weighted by molar-refractivity contribution is 5.99. The van der Waals surface area contributed by atoms with Crippen molar-refractivity contribution in [3.05, 3.63) is 71.8 Å². The number of halogens is 1. The van der Waals surface area contributed by atoms with Crippen LogP contribution >= 0.6 is 12.4 Å². The van der Waals surface area contributed by atoms with Crippen molar-refractivity contribution in [2.24, 2.45) is 0 Å². The summed E-state index contributed by atoms with van der Waals surface area (Å²) in [6, 6.07) is 19.0. The zero-order valence-corrected chi connectivity index (χ0v) is 16.0. The Hall–Kier alpha value is -1.72. The molecule has 0 aromatic heterocycles. The van der Waals surface area contributed by atoms with Gasteiger partial charge < -0.3 is 15.2 Å². The topological polar surface area (TPSA) is 58.6 Å². The van der Waals surface area contributed by atoms with Crippen molar-refractivity contribution >= 4 is 18.2 Å². The molecular formula is C21H28ClNO3. The molecule has 26 heavy (non-hydrogen) atoms. The van der Waals surface area contributed by atoms with Gasteiger partial charge >= 0.3 is 0 Å². The molecule has 0 fully saturated rings. The molecule has 0 spiro atoms. The smallest absolute Gasteiger partial charge is 0.191 e. The van der Waals surface area contributed by atoms with Crippen molar-refractivity contribution in [1.82, 2.24) is 5.32 Å². The first kappa shape index (κ1) is 22.3. The van der Waals surface area contributed by atoms with E-state index in [2.05, 4.69) is 12.2 Å². The van der Waals surface area contributed by atoms with Crippen LogP contribution in [0.1, 0.15) is 29.3 Å². The Morgan fingerprint density at radius 2 is 1.69 bits per heavy atom. The number of ketones is 1. The van der Waals surface area contributed by atoms with Gasteiger partial charge in [-0.2, -0.15) is 0 Å². The van der Waals surface area contributed by atoms with E-state index in [9.17, 15) is 9.90 Å². The highest BCUT2D eigenvalue weighted by atomic mass is 35.5. The number of hydrogen-bond donors (Lipinski definition) is 2. The van der Waals surface area contributed by atoms with Gasteiger partial charge in [0.05, 0.1) is 12.7 Å². The summed E-state index contributed by atoms with van der Waals surface area (Å²) in [6.07, 6.45) is 0.263. The van der Waals surface area contributed by atoms with Crippen LogP contribution in [0, 0.1) is 0 Å². The SMILES string of the molecule is CCCNCC(O)COC(Cc1ccccc1)C(=O)c1ccccc1.Cl. The number of benzene rings is 2. The molecule has 2 N–H and O–H groups in total. The Bertz CT molecular complexity index is 622. The van der Waals surface area contributed by atoms with Gasteiger partial charge in [0.2, 0.25) is 0 Å². The predicted molar refractivity (Wildman–Crippen MR) is 107 cm³/mol. The first-order chi connectivity index (χ1) is 12.2. The summed E-state index contributed by atoms with van der Waals surface area (Å²) in [5.74, 6) is -0.0572. The van der Waals surface area contributed by atoms with E-state index in [4.69, 9.17) is 4.74 Å². The molecule has 0 bridgehead atoms. The Labute approximate surface area is 162 Å². The largest absolute Gasteiger partial charge is 0.389 e. The molecule has 2 aromatic rings. The van der Waals surface area contributed by atoms with Crippen LogP contribution in [-0.4, -0.2) is 42.8 Å². The van der Waals surface area contributed by atoms with Gasteiger partial charge in [0.25, 0.3) is 0 Å². The third kappa shape index (κ3) is 7.67. The lowest BCUT2D eigenvalue weighted by Gasteiger charge is -2.20. The monoisotopic (exact) mass is 377 g/mol. The van der Waals surface area contributed by atoms with Crippen molar-refractivity contribution < 1.29 is 14.6 Å². The Balaban J connectivity index is 0.00000338. The second-order valence-corrected chi connectivity index (χ2v) is 6.10. The molecule has 142 valence electrons. The molecular weight excluding hydrogens is 350 g/mol. The normalized spacial score (nSPS) is 12.8.